The van der Waals surface area contributed by atoms with Crippen molar-refractivity contribution in [1.29, 1.82) is 5.26 Å². The Labute approximate surface area is 134 Å². The smallest absolute Gasteiger partial charge is 0.258 e. The van der Waals surface area contributed by atoms with Crippen LogP contribution in [-0.2, 0) is 0 Å². The Hall–Kier alpha value is -3.19. The Bertz CT molecular complexity index is 834. The first-order chi connectivity index (χ1) is 11.2. The Kier molecular flexibility index (Phi) is 4.03. The maximum Gasteiger partial charge on any atom is 0.272 e. The molecule has 1 aromatic carbocycles. The van der Waals surface area contributed by atoms with Crippen molar-refractivity contribution in [3.05, 3.63) is 105 Å². The van der Waals surface area contributed by atoms with E-state index in [0.717, 1.165) is 16.7 Å². The molecule has 2 aliphatic carbocycles. The fourth-order valence-electron chi connectivity index (χ4n) is 2.85. The molecule has 0 aromatic heterocycles. The number of fused-ring (bicyclic) bond motifs is 2. The highest BCUT2D eigenvalue weighted by Gasteiger charge is 2.27. The zero-order chi connectivity index (χ0) is 16.2. The Balaban J connectivity index is 2.12. The van der Waals surface area contributed by atoms with Gasteiger partial charge in [0.25, 0.3) is 5.70 Å². The molecule has 1 unspecified atom stereocenters. The summed E-state index contributed by atoms with van der Waals surface area (Å²) < 4.78 is 0. The summed E-state index contributed by atoms with van der Waals surface area (Å²) in [5.41, 5.74) is 3.38. The van der Waals surface area contributed by atoms with E-state index in [0.29, 0.717) is 12.0 Å². The first-order valence-electron chi connectivity index (χ1n) is 7.28. The van der Waals surface area contributed by atoms with Gasteiger partial charge in [-0.25, -0.2) is 0 Å². The number of nitriles is 1. The molecular weight excluding hydrogens is 288 g/mol. The lowest BCUT2D eigenvalue weighted by atomic mass is 9.85. The molecule has 0 aliphatic heterocycles. The quantitative estimate of drug-likeness (QED) is 0.620. The third-order valence-electron chi connectivity index (χ3n) is 3.98. The van der Waals surface area contributed by atoms with E-state index < -0.39 is 5.92 Å². The number of benzene rings is 1. The molecule has 0 fully saturated rings. The minimum atomic E-state index is -0.447. The van der Waals surface area contributed by atoms with E-state index in [-0.39, 0.29) is 10.6 Å². The summed E-state index contributed by atoms with van der Waals surface area (Å²) in [4.78, 5) is 10.9. The summed E-state index contributed by atoms with van der Waals surface area (Å²) in [7, 11) is 0. The normalized spacial score (nSPS) is 17.5. The zero-order valence-corrected chi connectivity index (χ0v) is 12.3. The lowest BCUT2D eigenvalue weighted by Gasteiger charge is -2.16. The van der Waals surface area contributed by atoms with E-state index in [1.54, 1.807) is 18.2 Å². The molecule has 0 radical (unpaired) electrons. The van der Waals surface area contributed by atoms with E-state index in [2.05, 4.69) is 6.07 Å². The van der Waals surface area contributed by atoms with Gasteiger partial charge in [-0.15, -0.1) is 0 Å². The van der Waals surface area contributed by atoms with Crippen molar-refractivity contribution < 1.29 is 4.92 Å². The van der Waals surface area contributed by atoms with Crippen molar-refractivity contribution >= 4 is 0 Å². The van der Waals surface area contributed by atoms with E-state index in [1.807, 2.05) is 42.5 Å². The molecule has 112 valence electrons. The van der Waals surface area contributed by atoms with Gasteiger partial charge in [-0.05, 0) is 16.7 Å². The van der Waals surface area contributed by atoms with Crippen LogP contribution in [0.3, 0.4) is 0 Å². The minimum Gasteiger partial charge on any atom is -0.258 e. The monoisotopic (exact) mass is 302 g/mol. The average molecular weight is 302 g/mol. The molecule has 0 amide bonds. The van der Waals surface area contributed by atoms with Gasteiger partial charge in [0.05, 0.1) is 16.9 Å². The summed E-state index contributed by atoms with van der Waals surface area (Å²) in [6.45, 7) is 0. The fraction of sp³-hybridized carbons (Fsp3) is 0.105. The van der Waals surface area contributed by atoms with Gasteiger partial charge in [-0.1, -0.05) is 60.7 Å². The van der Waals surface area contributed by atoms with Gasteiger partial charge in [-0.3, -0.25) is 10.1 Å². The van der Waals surface area contributed by atoms with Crippen LogP contribution < -0.4 is 0 Å². The number of nitro groups is 1. The Morgan fingerprint density at radius 3 is 2.39 bits per heavy atom. The molecule has 0 saturated carbocycles. The van der Waals surface area contributed by atoms with Crippen molar-refractivity contribution in [3.63, 3.8) is 0 Å². The molecule has 0 spiro atoms. The molecule has 23 heavy (non-hydrogen) atoms. The van der Waals surface area contributed by atoms with Gasteiger partial charge >= 0.3 is 0 Å². The molecule has 2 bridgehead atoms. The van der Waals surface area contributed by atoms with Crippen LogP contribution in [0.4, 0.5) is 0 Å². The predicted octanol–water partition coefficient (Wildman–Crippen LogP) is 4.21. The standard InChI is InChI=1S/C19H14N2O2/c20-13-18(14-6-2-1-3-7-14)17-10-11-19(21(22)23)16-9-5-4-8-15(17)12-16/h1-11,18H,12H2. The van der Waals surface area contributed by atoms with Crippen LogP contribution in [0.25, 0.3) is 0 Å². The highest BCUT2D eigenvalue weighted by Crippen LogP contribution is 2.37. The lowest BCUT2D eigenvalue weighted by molar-refractivity contribution is -0.420. The highest BCUT2D eigenvalue weighted by atomic mass is 16.6. The third kappa shape index (κ3) is 2.90. The highest BCUT2D eigenvalue weighted by molar-refractivity contribution is 5.55. The molecule has 0 N–H and O–H groups in total. The van der Waals surface area contributed by atoms with Gasteiger partial charge in [0.2, 0.25) is 0 Å². The molecule has 1 aromatic rings. The zero-order valence-electron chi connectivity index (χ0n) is 12.3. The van der Waals surface area contributed by atoms with E-state index >= 15 is 0 Å². The lowest BCUT2D eigenvalue weighted by Crippen LogP contribution is -2.04. The van der Waals surface area contributed by atoms with Gasteiger partial charge in [0.1, 0.15) is 0 Å². The van der Waals surface area contributed by atoms with Crippen LogP contribution in [0.1, 0.15) is 17.9 Å². The van der Waals surface area contributed by atoms with Gasteiger partial charge < -0.3 is 0 Å². The number of hydrogen-bond donors (Lipinski definition) is 0. The molecule has 1 atom stereocenters. The third-order valence-corrected chi connectivity index (χ3v) is 3.98. The molecule has 4 heteroatoms. The van der Waals surface area contributed by atoms with E-state index in [9.17, 15) is 15.4 Å². The molecule has 2 aliphatic rings. The maximum atomic E-state index is 11.3. The Morgan fingerprint density at radius 2 is 1.74 bits per heavy atom. The molecule has 4 nitrogen and oxygen atoms in total. The fourth-order valence-corrected chi connectivity index (χ4v) is 2.85. The van der Waals surface area contributed by atoms with Gasteiger partial charge in [-0.2, -0.15) is 5.26 Å². The minimum absolute atomic E-state index is 0.0854. The van der Waals surface area contributed by atoms with Crippen molar-refractivity contribution in [1.82, 2.24) is 0 Å². The van der Waals surface area contributed by atoms with Crippen molar-refractivity contribution in [2.24, 2.45) is 0 Å². The van der Waals surface area contributed by atoms with Crippen LogP contribution in [0.15, 0.2) is 89.2 Å². The number of nitrogens with zero attached hydrogens (tertiary/aromatic N) is 2. The topological polar surface area (TPSA) is 66.9 Å². The van der Waals surface area contributed by atoms with E-state index in [1.165, 1.54) is 6.08 Å². The van der Waals surface area contributed by atoms with Crippen LogP contribution in [0, 0.1) is 21.4 Å². The van der Waals surface area contributed by atoms with Crippen molar-refractivity contribution in [2.45, 2.75) is 12.3 Å². The Morgan fingerprint density at radius 1 is 1.04 bits per heavy atom. The number of rotatable bonds is 3. The molecule has 3 rings (SSSR count). The van der Waals surface area contributed by atoms with Crippen LogP contribution in [-0.4, -0.2) is 4.92 Å². The first kappa shape index (κ1) is 14.7. The second-order valence-electron chi connectivity index (χ2n) is 5.35. The number of allylic oxidation sites excluding steroid dienone is 9. The van der Waals surface area contributed by atoms with Crippen molar-refractivity contribution in [3.8, 4) is 6.07 Å². The second kappa shape index (κ2) is 6.29. The summed E-state index contributed by atoms with van der Waals surface area (Å²) >= 11 is 0. The molecule has 0 saturated heterocycles. The average Bonchev–Trinajstić information content (AvgIpc) is 2.90. The molecule has 0 heterocycles. The predicted molar refractivity (Wildman–Crippen MR) is 87.9 cm³/mol. The summed E-state index contributed by atoms with van der Waals surface area (Å²) in [6.07, 6.45) is 11.0. The number of hydrogen-bond acceptors (Lipinski definition) is 3. The summed E-state index contributed by atoms with van der Waals surface area (Å²) in [6, 6.07) is 11.8. The van der Waals surface area contributed by atoms with E-state index in [4.69, 9.17) is 0 Å². The van der Waals surface area contributed by atoms with Gasteiger partial charge in [0.15, 0.2) is 0 Å². The SMILES string of the molecule is N#CC(C1=CC=C([N+](=O)[O-])C2=CC=CC=C1C2)c1ccccc1. The largest absolute Gasteiger partial charge is 0.272 e. The van der Waals surface area contributed by atoms with Crippen LogP contribution >= 0.6 is 0 Å². The first-order valence-corrected chi connectivity index (χ1v) is 7.28. The second-order valence-corrected chi connectivity index (χ2v) is 5.35. The maximum absolute atomic E-state index is 11.3. The van der Waals surface area contributed by atoms with Gasteiger partial charge in [0, 0.05) is 18.1 Å². The summed E-state index contributed by atoms with van der Waals surface area (Å²) in [5, 5.41) is 21.0. The van der Waals surface area contributed by atoms with Crippen LogP contribution in [0.5, 0.6) is 0 Å². The molecular formula is C19H14N2O2. The van der Waals surface area contributed by atoms with Crippen molar-refractivity contribution in [2.75, 3.05) is 0 Å². The van der Waals surface area contributed by atoms with Crippen LogP contribution in [0.2, 0.25) is 0 Å². The summed E-state index contributed by atoms with van der Waals surface area (Å²) in [5.74, 6) is -0.447.